The van der Waals surface area contributed by atoms with E-state index < -0.39 is 0 Å². The van der Waals surface area contributed by atoms with Crippen LogP contribution in [0.3, 0.4) is 0 Å². The molecule has 0 N–H and O–H groups in total. The molecule has 2 nitrogen and oxygen atoms in total. The predicted octanol–water partition coefficient (Wildman–Crippen LogP) is 4.56. The van der Waals surface area contributed by atoms with Crippen molar-refractivity contribution in [3.8, 4) is 0 Å². The number of hydrogen-bond donors (Lipinski definition) is 0. The van der Waals surface area contributed by atoms with Crippen molar-refractivity contribution in [3.05, 3.63) is 70.3 Å². The van der Waals surface area contributed by atoms with E-state index in [2.05, 4.69) is 94.1 Å². The van der Waals surface area contributed by atoms with E-state index in [4.69, 9.17) is 0 Å². The quantitative estimate of drug-likeness (QED) is 0.650. The molecule has 0 unspecified atom stereocenters. The van der Waals surface area contributed by atoms with Gasteiger partial charge < -0.3 is 9.47 Å². The highest BCUT2D eigenvalue weighted by atomic mass is 79.9. The lowest BCUT2D eigenvalue weighted by Crippen LogP contribution is -2.15. The van der Waals surface area contributed by atoms with Gasteiger partial charge in [-0.1, -0.05) is 48.5 Å². The fourth-order valence-electron chi connectivity index (χ4n) is 2.84. The monoisotopic (exact) mass is 356 g/mol. The predicted molar refractivity (Wildman–Crippen MR) is 97.4 cm³/mol. The van der Waals surface area contributed by atoms with Gasteiger partial charge in [0.05, 0.1) is 4.60 Å². The van der Waals surface area contributed by atoms with E-state index in [0.717, 1.165) is 19.5 Å². The van der Waals surface area contributed by atoms with Crippen LogP contribution in [0.5, 0.6) is 0 Å². The summed E-state index contributed by atoms with van der Waals surface area (Å²) in [7, 11) is 4.24. The minimum Gasteiger partial charge on any atom is -0.331 e. The summed E-state index contributed by atoms with van der Waals surface area (Å²) in [6, 6.07) is 19.3. The summed E-state index contributed by atoms with van der Waals surface area (Å²) in [5, 5.41) is 1.35. The minimum absolute atomic E-state index is 0.893. The maximum Gasteiger partial charge on any atom is 0.0893 e. The van der Waals surface area contributed by atoms with E-state index in [0.29, 0.717) is 0 Å². The molecule has 2 aromatic carbocycles. The van der Waals surface area contributed by atoms with E-state index in [1.807, 2.05) is 0 Å². The number of hydrogen-bond acceptors (Lipinski definition) is 1. The smallest absolute Gasteiger partial charge is 0.0893 e. The van der Waals surface area contributed by atoms with Crippen LogP contribution in [0, 0.1) is 0 Å². The van der Waals surface area contributed by atoms with E-state index in [-0.39, 0.29) is 0 Å². The molecule has 0 saturated carbocycles. The van der Waals surface area contributed by atoms with Crippen LogP contribution in [0.25, 0.3) is 10.9 Å². The first-order valence-corrected chi connectivity index (χ1v) is 8.40. The number of halogens is 1. The van der Waals surface area contributed by atoms with Gasteiger partial charge in [0.15, 0.2) is 0 Å². The van der Waals surface area contributed by atoms with Crippen LogP contribution in [0.4, 0.5) is 0 Å². The average Bonchev–Trinajstić information content (AvgIpc) is 2.79. The second-order valence-electron chi connectivity index (χ2n) is 5.91. The minimum atomic E-state index is 0.893. The van der Waals surface area contributed by atoms with Crippen LogP contribution >= 0.6 is 15.9 Å². The van der Waals surface area contributed by atoms with Gasteiger partial charge in [-0.2, -0.15) is 0 Å². The third-order valence-electron chi connectivity index (χ3n) is 4.00. The number of rotatable bonds is 5. The standard InChI is InChI=1S/C19H21BrN2/c1-21(2)13-12-17-16-10-6-7-11-18(16)22(19(17)20)14-15-8-4-3-5-9-15/h3-11H,12-14H2,1-2H3. The highest BCUT2D eigenvalue weighted by Crippen LogP contribution is 2.31. The topological polar surface area (TPSA) is 8.17 Å². The Morgan fingerprint density at radius 2 is 1.64 bits per heavy atom. The van der Waals surface area contributed by atoms with E-state index in [9.17, 15) is 0 Å². The van der Waals surface area contributed by atoms with Gasteiger partial charge in [-0.05, 0) is 53.6 Å². The Morgan fingerprint density at radius 1 is 0.955 bits per heavy atom. The van der Waals surface area contributed by atoms with Crippen molar-refractivity contribution in [2.75, 3.05) is 20.6 Å². The lowest BCUT2D eigenvalue weighted by atomic mass is 10.1. The molecule has 22 heavy (non-hydrogen) atoms. The SMILES string of the molecule is CN(C)CCc1c(Br)n(Cc2ccccc2)c2ccccc12. The molecule has 0 atom stereocenters. The molecule has 0 aliphatic carbocycles. The van der Waals surface area contributed by atoms with Crippen molar-refractivity contribution in [2.24, 2.45) is 0 Å². The molecule has 3 rings (SSSR count). The van der Waals surface area contributed by atoms with Gasteiger partial charge >= 0.3 is 0 Å². The highest BCUT2D eigenvalue weighted by molar-refractivity contribution is 9.10. The van der Waals surface area contributed by atoms with E-state index in [1.54, 1.807) is 0 Å². The Labute approximate surface area is 140 Å². The molecular weight excluding hydrogens is 336 g/mol. The van der Waals surface area contributed by atoms with Crippen molar-refractivity contribution in [3.63, 3.8) is 0 Å². The van der Waals surface area contributed by atoms with Crippen LogP contribution in [0.15, 0.2) is 59.2 Å². The molecular formula is C19H21BrN2. The molecule has 0 aliphatic rings. The summed E-state index contributed by atoms with van der Waals surface area (Å²) in [5.74, 6) is 0. The van der Waals surface area contributed by atoms with Crippen molar-refractivity contribution in [1.29, 1.82) is 0 Å². The Kier molecular flexibility index (Phi) is 4.65. The van der Waals surface area contributed by atoms with Gasteiger partial charge in [0, 0.05) is 24.0 Å². The summed E-state index contributed by atoms with van der Waals surface area (Å²) in [6.07, 6.45) is 1.05. The molecule has 0 amide bonds. The molecule has 0 radical (unpaired) electrons. The average molecular weight is 357 g/mol. The van der Waals surface area contributed by atoms with Gasteiger partial charge in [0.1, 0.15) is 0 Å². The van der Waals surface area contributed by atoms with Gasteiger partial charge in [0.25, 0.3) is 0 Å². The Hall–Kier alpha value is -1.58. The van der Waals surface area contributed by atoms with Gasteiger partial charge in [-0.15, -0.1) is 0 Å². The molecule has 114 valence electrons. The zero-order chi connectivity index (χ0) is 15.5. The number of fused-ring (bicyclic) bond motifs is 1. The molecule has 0 saturated heterocycles. The summed E-state index contributed by atoms with van der Waals surface area (Å²) in [4.78, 5) is 2.23. The number of likely N-dealkylation sites (N-methyl/N-ethyl adjacent to an activating group) is 1. The van der Waals surface area contributed by atoms with Crippen molar-refractivity contribution in [1.82, 2.24) is 9.47 Å². The normalized spacial score (nSPS) is 11.5. The van der Waals surface area contributed by atoms with Crippen molar-refractivity contribution >= 4 is 26.8 Å². The first-order valence-electron chi connectivity index (χ1n) is 7.61. The fourth-order valence-corrected chi connectivity index (χ4v) is 3.57. The summed E-state index contributed by atoms with van der Waals surface area (Å²) < 4.78 is 3.58. The zero-order valence-electron chi connectivity index (χ0n) is 13.1. The van der Waals surface area contributed by atoms with Crippen LogP contribution in [-0.2, 0) is 13.0 Å². The zero-order valence-corrected chi connectivity index (χ0v) is 14.7. The van der Waals surface area contributed by atoms with Crippen molar-refractivity contribution < 1.29 is 0 Å². The summed E-state index contributed by atoms with van der Waals surface area (Å²) >= 11 is 3.85. The van der Waals surface area contributed by atoms with E-state index in [1.165, 1.54) is 26.6 Å². The molecule has 3 heteroatoms. The van der Waals surface area contributed by atoms with Gasteiger partial charge in [0.2, 0.25) is 0 Å². The Morgan fingerprint density at radius 3 is 2.36 bits per heavy atom. The second kappa shape index (κ2) is 6.67. The molecule has 0 bridgehead atoms. The highest BCUT2D eigenvalue weighted by Gasteiger charge is 2.15. The van der Waals surface area contributed by atoms with Crippen molar-refractivity contribution in [2.45, 2.75) is 13.0 Å². The molecule has 0 aliphatic heterocycles. The Balaban J connectivity index is 2.04. The first kappa shape index (κ1) is 15.3. The van der Waals surface area contributed by atoms with Crippen LogP contribution in [-0.4, -0.2) is 30.1 Å². The molecule has 3 aromatic rings. The number of nitrogens with zero attached hydrogens (tertiary/aromatic N) is 2. The van der Waals surface area contributed by atoms with E-state index >= 15 is 0 Å². The van der Waals surface area contributed by atoms with Crippen LogP contribution in [0.2, 0.25) is 0 Å². The second-order valence-corrected chi connectivity index (χ2v) is 6.66. The molecule has 1 heterocycles. The third kappa shape index (κ3) is 3.11. The lowest BCUT2D eigenvalue weighted by molar-refractivity contribution is 0.413. The van der Waals surface area contributed by atoms with Gasteiger partial charge in [-0.3, -0.25) is 0 Å². The number of para-hydroxylation sites is 1. The molecule has 1 aromatic heterocycles. The Bertz CT molecular complexity index is 760. The largest absolute Gasteiger partial charge is 0.331 e. The molecule has 0 fully saturated rings. The first-order chi connectivity index (χ1) is 10.7. The van der Waals surface area contributed by atoms with Crippen LogP contribution < -0.4 is 0 Å². The maximum absolute atomic E-state index is 3.85. The lowest BCUT2D eigenvalue weighted by Gasteiger charge is -2.10. The van der Waals surface area contributed by atoms with Gasteiger partial charge in [-0.25, -0.2) is 0 Å². The number of benzene rings is 2. The maximum atomic E-state index is 3.85. The van der Waals surface area contributed by atoms with Crippen LogP contribution in [0.1, 0.15) is 11.1 Å². The third-order valence-corrected chi connectivity index (χ3v) is 4.91. The fraction of sp³-hybridized carbons (Fsp3) is 0.263. The number of aromatic nitrogens is 1. The summed E-state index contributed by atoms with van der Waals surface area (Å²) in [6.45, 7) is 1.95. The summed E-state index contributed by atoms with van der Waals surface area (Å²) in [5.41, 5.74) is 4.02. The molecule has 0 spiro atoms.